The topological polar surface area (TPSA) is 94.1 Å². The van der Waals surface area contributed by atoms with Crippen LogP contribution < -0.4 is 20.1 Å². The second-order valence-electron chi connectivity index (χ2n) is 13.6. The van der Waals surface area contributed by atoms with Crippen LogP contribution in [0.25, 0.3) is 64.8 Å². The fraction of sp³-hybridized carbons (Fsp3) is 0.0638. The number of hydrogen-bond donors (Lipinski definition) is 2. The Labute approximate surface area is 350 Å². The first-order chi connectivity index (χ1) is 29.2. The van der Waals surface area contributed by atoms with Crippen LogP contribution in [-0.4, -0.2) is 34.2 Å². The number of aromatic nitrogens is 4. The standard InChI is InChI=1S/C24H19N3O2S.C23H14F3N3S/c1-28-20-10-9-17(14-21(20)29-2)25-24-23(22-8-5-11-30-22)26-18-12-15-6-3-4-7-16(15)13-19(18)27-24;24-23(25,26)16-7-9-17(10-8-16)27-22-21(20-6-3-11-30-20)28-18-12-14-4-1-2-5-15(14)13-19(18)29-22/h3-14H,1-2H3,(H,25,27);1-13H,(H,27,29). The molecule has 6 aromatic carbocycles. The van der Waals surface area contributed by atoms with Crippen molar-refractivity contribution in [2.75, 3.05) is 24.9 Å². The second-order valence-corrected chi connectivity index (χ2v) is 15.5. The molecule has 8 nitrogen and oxygen atoms in total. The zero-order valence-corrected chi connectivity index (χ0v) is 33.6. The molecule has 0 aliphatic heterocycles. The average Bonchev–Trinajstić information content (AvgIpc) is 4.01. The molecule has 0 bridgehead atoms. The van der Waals surface area contributed by atoms with Crippen LogP contribution in [0.2, 0.25) is 0 Å². The molecule has 0 spiro atoms. The number of fused-ring (bicyclic) bond motifs is 4. The Morgan fingerprint density at radius 1 is 0.467 bits per heavy atom. The maximum Gasteiger partial charge on any atom is 0.416 e. The van der Waals surface area contributed by atoms with Gasteiger partial charge in [0.05, 0.1) is 51.6 Å². The first-order valence-corrected chi connectivity index (χ1v) is 20.4. The molecule has 296 valence electrons. The fourth-order valence-corrected chi connectivity index (χ4v) is 8.19. The summed E-state index contributed by atoms with van der Waals surface area (Å²) in [5.41, 5.74) is 5.33. The van der Waals surface area contributed by atoms with E-state index >= 15 is 0 Å². The van der Waals surface area contributed by atoms with E-state index in [1.54, 1.807) is 25.6 Å². The molecule has 0 saturated carbocycles. The third kappa shape index (κ3) is 8.00. The molecule has 4 heterocycles. The van der Waals surface area contributed by atoms with Gasteiger partial charge >= 0.3 is 6.18 Å². The van der Waals surface area contributed by atoms with E-state index in [9.17, 15) is 13.2 Å². The number of halogens is 3. The largest absolute Gasteiger partial charge is 0.493 e. The molecule has 4 aromatic heterocycles. The number of anilines is 4. The highest BCUT2D eigenvalue weighted by Gasteiger charge is 2.30. The van der Waals surface area contributed by atoms with Crippen molar-refractivity contribution in [3.8, 4) is 32.6 Å². The van der Waals surface area contributed by atoms with Gasteiger partial charge in [0.1, 0.15) is 11.4 Å². The Hall–Kier alpha value is -7.09. The van der Waals surface area contributed by atoms with Crippen molar-refractivity contribution in [1.82, 2.24) is 19.9 Å². The van der Waals surface area contributed by atoms with Crippen LogP contribution in [0.15, 0.2) is 150 Å². The number of thiophene rings is 2. The van der Waals surface area contributed by atoms with Crippen LogP contribution in [0.5, 0.6) is 11.5 Å². The summed E-state index contributed by atoms with van der Waals surface area (Å²) in [5.74, 6) is 2.53. The molecule has 0 aliphatic rings. The van der Waals surface area contributed by atoms with Gasteiger partial charge in [-0.05, 0) is 105 Å². The van der Waals surface area contributed by atoms with E-state index < -0.39 is 11.7 Å². The summed E-state index contributed by atoms with van der Waals surface area (Å²) in [6.07, 6.45) is -4.37. The number of rotatable bonds is 8. The Morgan fingerprint density at radius 2 is 0.900 bits per heavy atom. The first kappa shape index (κ1) is 38.4. The zero-order valence-electron chi connectivity index (χ0n) is 32.0. The highest BCUT2D eigenvalue weighted by molar-refractivity contribution is 7.13. The number of ether oxygens (including phenoxy) is 2. The van der Waals surface area contributed by atoms with E-state index in [0.29, 0.717) is 40.0 Å². The Bertz CT molecular complexity index is 3120. The SMILES string of the molecule is COc1ccc(Nc2nc3cc4ccccc4cc3nc2-c2cccs2)cc1OC.FC(F)(F)c1ccc(Nc2nc3cc4ccccc4cc3nc2-c2cccs2)cc1. The lowest BCUT2D eigenvalue weighted by molar-refractivity contribution is -0.137. The summed E-state index contributed by atoms with van der Waals surface area (Å²) in [4.78, 5) is 21.5. The number of methoxy groups -OCH3 is 2. The van der Waals surface area contributed by atoms with Crippen LogP contribution in [0.1, 0.15) is 5.56 Å². The number of benzene rings is 6. The molecule has 0 aliphatic carbocycles. The number of nitrogens with zero attached hydrogens (tertiary/aromatic N) is 4. The molecule has 0 saturated heterocycles. The van der Waals surface area contributed by atoms with Crippen molar-refractivity contribution in [3.63, 3.8) is 0 Å². The predicted octanol–water partition coefficient (Wildman–Crippen LogP) is 13.5. The quantitative estimate of drug-likeness (QED) is 0.146. The third-order valence-corrected chi connectivity index (χ3v) is 11.4. The van der Waals surface area contributed by atoms with Crippen LogP contribution in [0.3, 0.4) is 0 Å². The Morgan fingerprint density at radius 3 is 1.32 bits per heavy atom. The summed E-state index contributed by atoms with van der Waals surface area (Å²) in [7, 11) is 3.25. The normalized spacial score (nSPS) is 11.4. The molecule has 0 radical (unpaired) electrons. The van der Waals surface area contributed by atoms with Gasteiger partial charge in [-0.25, -0.2) is 19.9 Å². The highest BCUT2D eigenvalue weighted by Crippen LogP contribution is 2.37. The lowest BCUT2D eigenvalue weighted by atomic mass is 10.1. The average molecular weight is 835 g/mol. The van der Waals surface area contributed by atoms with Crippen molar-refractivity contribution >= 4 is 89.3 Å². The van der Waals surface area contributed by atoms with E-state index in [1.165, 1.54) is 23.5 Å². The van der Waals surface area contributed by atoms with Gasteiger partial charge in [0.2, 0.25) is 0 Å². The van der Waals surface area contributed by atoms with Crippen LogP contribution in [-0.2, 0) is 6.18 Å². The number of nitrogens with one attached hydrogen (secondary N) is 2. The van der Waals surface area contributed by atoms with Crippen molar-refractivity contribution in [1.29, 1.82) is 0 Å². The molecule has 0 amide bonds. The van der Waals surface area contributed by atoms with Gasteiger partial charge in [-0.3, -0.25) is 0 Å². The molecule has 0 fully saturated rings. The van der Waals surface area contributed by atoms with Crippen LogP contribution in [0.4, 0.5) is 36.2 Å². The molecule has 10 rings (SSSR count). The van der Waals surface area contributed by atoms with Crippen molar-refractivity contribution in [3.05, 3.63) is 156 Å². The van der Waals surface area contributed by atoms with Gasteiger partial charge in [-0.1, -0.05) is 60.7 Å². The highest BCUT2D eigenvalue weighted by atomic mass is 32.1. The van der Waals surface area contributed by atoms with E-state index in [4.69, 9.17) is 29.4 Å². The predicted molar refractivity (Wildman–Crippen MR) is 238 cm³/mol. The minimum atomic E-state index is -4.37. The monoisotopic (exact) mass is 834 g/mol. The molecular formula is C47H33F3N6O2S2. The first-order valence-electron chi connectivity index (χ1n) is 18.6. The molecule has 0 atom stereocenters. The van der Waals surface area contributed by atoms with Gasteiger partial charge in [-0.15, -0.1) is 22.7 Å². The molecule has 10 aromatic rings. The maximum atomic E-state index is 12.9. The second kappa shape index (κ2) is 16.3. The van der Waals surface area contributed by atoms with Gasteiger partial charge in [0.25, 0.3) is 0 Å². The van der Waals surface area contributed by atoms with E-state index in [2.05, 4.69) is 41.0 Å². The summed E-state index contributed by atoms with van der Waals surface area (Å²) < 4.78 is 49.4. The van der Waals surface area contributed by atoms with E-state index in [1.807, 2.05) is 95.7 Å². The lowest BCUT2D eigenvalue weighted by Gasteiger charge is -2.14. The van der Waals surface area contributed by atoms with Crippen LogP contribution >= 0.6 is 22.7 Å². The summed E-state index contributed by atoms with van der Waals surface area (Å²) in [6.45, 7) is 0. The van der Waals surface area contributed by atoms with E-state index in [0.717, 1.165) is 71.4 Å². The van der Waals surface area contributed by atoms with Crippen LogP contribution in [0, 0.1) is 0 Å². The Balaban J connectivity index is 0.000000154. The minimum absolute atomic E-state index is 0.500. The van der Waals surface area contributed by atoms with Gasteiger partial charge < -0.3 is 20.1 Å². The fourth-order valence-electron chi connectivity index (χ4n) is 6.76. The maximum absolute atomic E-state index is 12.9. The smallest absolute Gasteiger partial charge is 0.416 e. The summed E-state index contributed by atoms with van der Waals surface area (Å²) in [6, 6.07) is 42.9. The molecule has 0 unspecified atom stereocenters. The van der Waals surface area contributed by atoms with Gasteiger partial charge in [-0.2, -0.15) is 13.2 Å². The van der Waals surface area contributed by atoms with Crippen molar-refractivity contribution in [2.45, 2.75) is 6.18 Å². The summed E-state index contributed by atoms with van der Waals surface area (Å²) in [5, 5.41) is 15.0. The van der Waals surface area contributed by atoms with Gasteiger partial charge in [0.15, 0.2) is 23.1 Å². The number of hydrogen-bond acceptors (Lipinski definition) is 10. The summed E-state index contributed by atoms with van der Waals surface area (Å²) >= 11 is 3.17. The lowest BCUT2D eigenvalue weighted by Crippen LogP contribution is -2.05. The molecule has 2 N–H and O–H groups in total. The van der Waals surface area contributed by atoms with Gasteiger partial charge in [0, 0.05) is 17.4 Å². The van der Waals surface area contributed by atoms with Crippen molar-refractivity contribution in [2.24, 2.45) is 0 Å². The Kier molecular flexibility index (Phi) is 10.4. The molecule has 60 heavy (non-hydrogen) atoms. The van der Waals surface area contributed by atoms with E-state index in [-0.39, 0.29) is 0 Å². The third-order valence-electron chi connectivity index (χ3n) is 9.69. The zero-order chi connectivity index (χ0) is 41.2. The minimum Gasteiger partial charge on any atom is -0.493 e. The molecule has 13 heteroatoms. The molecular weight excluding hydrogens is 802 g/mol. The number of alkyl halides is 3. The van der Waals surface area contributed by atoms with Crippen molar-refractivity contribution < 1.29 is 22.6 Å².